The van der Waals surface area contributed by atoms with Gasteiger partial charge >= 0.3 is 0 Å². The molecule has 0 spiro atoms. The minimum Gasteiger partial charge on any atom is -0.260 e. The smallest absolute Gasteiger partial charge is 0.142 e. The third kappa shape index (κ3) is 8.37. The number of hydrogen-bond donors (Lipinski definition) is 0. The van der Waals surface area contributed by atoms with Crippen molar-refractivity contribution in [3.8, 4) is 0 Å². The van der Waals surface area contributed by atoms with Crippen LogP contribution in [-0.4, -0.2) is 4.98 Å². The molecule has 0 atom stereocenters. The predicted molar refractivity (Wildman–Crippen MR) is 63.6 cm³/mol. The first-order valence-electron chi connectivity index (χ1n) is 5.48. The SMILES string of the molecule is CC.CCC1CC1.Fc1cncc(Cl)c1. The van der Waals surface area contributed by atoms with E-state index in [1.54, 1.807) is 0 Å². The van der Waals surface area contributed by atoms with Crippen LogP contribution in [0.3, 0.4) is 0 Å². The fourth-order valence-electron chi connectivity index (χ4n) is 0.912. The number of pyridine rings is 1. The largest absolute Gasteiger partial charge is 0.260 e. The highest BCUT2D eigenvalue weighted by molar-refractivity contribution is 6.30. The first-order chi connectivity index (χ1) is 7.22. The van der Waals surface area contributed by atoms with Crippen molar-refractivity contribution in [3.63, 3.8) is 0 Å². The minimum absolute atomic E-state index is 0.324. The van der Waals surface area contributed by atoms with Crippen LogP contribution in [0.25, 0.3) is 0 Å². The Bertz CT molecular complexity index is 244. The lowest BCUT2D eigenvalue weighted by Crippen LogP contribution is -1.74. The van der Waals surface area contributed by atoms with Gasteiger partial charge in [-0.3, -0.25) is 4.98 Å². The van der Waals surface area contributed by atoms with Crippen LogP contribution in [0.5, 0.6) is 0 Å². The number of nitrogens with zero attached hydrogens (tertiary/aromatic N) is 1. The van der Waals surface area contributed by atoms with Gasteiger partial charge in [0.2, 0.25) is 0 Å². The molecular weight excluding hydrogens is 213 g/mol. The third-order valence-corrected chi connectivity index (χ3v) is 2.15. The van der Waals surface area contributed by atoms with Crippen molar-refractivity contribution in [3.05, 3.63) is 29.3 Å². The van der Waals surface area contributed by atoms with E-state index < -0.39 is 5.82 Å². The van der Waals surface area contributed by atoms with E-state index in [0.717, 1.165) is 12.1 Å². The molecule has 1 aliphatic carbocycles. The predicted octanol–water partition coefficient (Wildman–Crippen LogP) is 4.71. The summed E-state index contributed by atoms with van der Waals surface area (Å²) in [7, 11) is 0. The van der Waals surface area contributed by atoms with E-state index in [9.17, 15) is 4.39 Å². The van der Waals surface area contributed by atoms with E-state index in [4.69, 9.17) is 11.6 Å². The lowest BCUT2D eigenvalue weighted by atomic mass is 10.3. The van der Waals surface area contributed by atoms with Crippen LogP contribution in [0, 0.1) is 11.7 Å². The van der Waals surface area contributed by atoms with Crippen molar-refractivity contribution in [2.75, 3.05) is 0 Å². The standard InChI is InChI=1S/C5H3ClFN.C5H10.C2H6/c6-4-1-5(7)3-8-2-4;1-2-5-3-4-5;1-2/h1-3H;5H,2-4H2,1H3;1-2H3. The summed E-state index contributed by atoms with van der Waals surface area (Å²) in [5.41, 5.74) is 0. The molecule has 0 unspecified atom stereocenters. The van der Waals surface area contributed by atoms with E-state index in [2.05, 4.69) is 11.9 Å². The van der Waals surface area contributed by atoms with Crippen LogP contribution < -0.4 is 0 Å². The van der Waals surface area contributed by atoms with Gasteiger partial charge in [0.15, 0.2) is 0 Å². The summed E-state index contributed by atoms with van der Waals surface area (Å²) in [4.78, 5) is 3.48. The average molecular weight is 232 g/mol. The van der Waals surface area contributed by atoms with Crippen LogP contribution >= 0.6 is 11.6 Å². The van der Waals surface area contributed by atoms with Crippen LogP contribution in [0.1, 0.15) is 40.0 Å². The molecule has 0 aliphatic heterocycles. The highest BCUT2D eigenvalue weighted by Gasteiger charge is 2.17. The maximum absolute atomic E-state index is 12.0. The van der Waals surface area contributed by atoms with Crippen molar-refractivity contribution < 1.29 is 4.39 Å². The molecule has 0 aromatic carbocycles. The molecule has 1 nitrogen and oxygen atoms in total. The Hall–Kier alpha value is -0.630. The lowest BCUT2D eigenvalue weighted by Gasteiger charge is -1.84. The van der Waals surface area contributed by atoms with Gasteiger partial charge in [-0.05, 0) is 12.0 Å². The summed E-state index contributed by atoms with van der Waals surface area (Å²) in [6.45, 7) is 6.26. The molecule has 15 heavy (non-hydrogen) atoms. The van der Waals surface area contributed by atoms with Crippen molar-refractivity contribution >= 4 is 11.6 Å². The molecule has 2 rings (SSSR count). The maximum Gasteiger partial charge on any atom is 0.142 e. The summed E-state index contributed by atoms with van der Waals surface area (Å²) in [6.07, 6.45) is 6.92. The second-order valence-electron chi connectivity index (χ2n) is 3.17. The number of hydrogen-bond acceptors (Lipinski definition) is 1. The van der Waals surface area contributed by atoms with E-state index in [1.165, 1.54) is 31.5 Å². The van der Waals surface area contributed by atoms with Gasteiger partial charge in [-0.2, -0.15) is 0 Å². The van der Waals surface area contributed by atoms with E-state index in [-0.39, 0.29) is 0 Å². The van der Waals surface area contributed by atoms with Crippen LogP contribution in [-0.2, 0) is 0 Å². The average Bonchev–Trinajstić information content (AvgIpc) is 3.04. The van der Waals surface area contributed by atoms with Gasteiger partial charge in [-0.1, -0.05) is 51.6 Å². The monoisotopic (exact) mass is 231 g/mol. The Kier molecular flexibility index (Phi) is 8.30. The fourth-order valence-corrected chi connectivity index (χ4v) is 1.07. The molecule has 0 N–H and O–H groups in total. The molecule has 0 bridgehead atoms. The van der Waals surface area contributed by atoms with Crippen LogP contribution in [0.15, 0.2) is 18.5 Å². The molecular formula is C12H19ClFN. The Morgan fingerprint density at radius 3 is 2.20 bits per heavy atom. The zero-order chi connectivity index (χ0) is 11.7. The topological polar surface area (TPSA) is 12.9 Å². The molecule has 1 aromatic heterocycles. The Morgan fingerprint density at radius 2 is 2.00 bits per heavy atom. The third-order valence-electron chi connectivity index (χ3n) is 1.95. The van der Waals surface area contributed by atoms with Crippen molar-refractivity contribution in [1.29, 1.82) is 0 Å². The Labute approximate surface area is 96.7 Å². The zero-order valence-electron chi connectivity index (χ0n) is 9.63. The highest BCUT2D eigenvalue weighted by Crippen LogP contribution is 2.31. The molecule has 0 radical (unpaired) electrons. The summed E-state index contributed by atoms with van der Waals surface area (Å²) in [5, 5.41) is 0.324. The zero-order valence-corrected chi connectivity index (χ0v) is 10.4. The maximum atomic E-state index is 12.0. The second kappa shape index (κ2) is 8.66. The van der Waals surface area contributed by atoms with Gasteiger partial charge < -0.3 is 0 Å². The summed E-state index contributed by atoms with van der Waals surface area (Å²) < 4.78 is 12.0. The molecule has 3 heteroatoms. The van der Waals surface area contributed by atoms with Gasteiger partial charge in [-0.25, -0.2) is 4.39 Å². The normalized spacial score (nSPS) is 13.1. The second-order valence-corrected chi connectivity index (χ2v) is 3.61. The number of rotatable bonds is 1. The summed E-state index contributed by atoms with van der Waals surface area (Å²) >= 11 is 5.34. The molecule has 86 valence electrons. The fraction of sp³-hybridized carbons (Fsp3) is 0.583. The molecule has 0 amide bonds. The molecule has 0 saturated heterocycles. The Morgan fingerprint density at radius 1 is 1.40 bits per heavy atom. The van der Waals surface area contributed by atoms with Crippen LogP contribution in [0.4, 0.5) is 4.39 Å². The summed E-state index contributed by atoms with van der Waals surface area (Å²) in [5.74, 6) is 0.729. The molecule has 1 saturated carbocycles. The highest BCUT2D eigenvalue weighted by atomic mass is 35.5. The number of halogens is 2. The summed E-state index contributed by atoms with van der Waals surface area (Å²) in [6, 6.07) is 1.20. The molecule has 1 fully saturated rings. The van der Waals surface area contributed by atoms with Crippen molar-refractivity contribution in [2.24, 2.45) is 5.92 Å². The van der Waals surface area contributed by atoms with Crippen LogP contribution in [0.2, 0.25) is 5.02 Å². The van der Waals surface area contributed by atoms with Gasteiger partial charge in [0.1, 0.15) is 5.82 Å². The number of aromatic nitrogens is 1. The van der Waals surface area contributed by atoms with Gasteiger partial charge in [0.25, 0.3) is 0 Å². The van der Waals surface area contributed by atoms with Gasteiger partial charge in [0.05, 0.1) is 11.2 Å². The van der Waals surface area contributed by atoms with E-state index in [1.807, 2.05) is 13.8 Å². The van der Waals surface area contributed by atoms with E-state index in [0.29, 0.717) is 5.02 Å². The lowest BCUT2D eigenvalue weighted by molar-refractivity contribution is 0.621. The minimum atomic E-state index is -0.405. The molecule has 1 aromatic rings. The first-order valence-corrected chi connectivity index (χ1v) is 5.86. The van der Waals surface area contributed by atoms with Gasteiger partial charge in [0, 0.05) is 6.20 Å². The molecule has 1 aliphatic rings. The van der Waals surface area contributed by atoms with Crippen molar-refractivity contribution in [2.45, 2.75) is 40.0 Å². The Balaban J connectivity index is 0.000000241. The van der Waals surface area contributed by atoms with Gasteiger partial charge in [-0.15, -0.1) is 0 Å². The van der Waals surface area contributed by atoms with E-state index >= 15 is 0 Å². The molecule has 1 heterocycles. The first kappa shape index (κ1) is 14.4. The quantitative estimate of drug-likeness (QED) is 0.682. The van der Waals surface area contributed by atoms with Crippen molar-refractivity contribution in [1.82, 2.24) is 4.98 Å².